The normalized spacial score (nSPS) is 12.2. The molecule has 1 unspecified atom stereocenters. The van der Waals surface area contributed by atoms with Gasteiger partial charge in [-0.2, -0.15) is 0 Å². The maximum Gasteiger partial charge on any atom is 0.149 e. The summed E-state index contributed by atoms with van der Waals surface area (Å²) in [4.78, 5) is 0. The van der Waals surface area contributed by atoms with Crippen LogP contribution in [0.5, 0.6) is 0 Å². The zero-order chi connectivity index (χ0) is 13.8. The Labute approximate surface area is 110 Å². The lowest BCUT2D eigenvalue weighted by Crippen LogP contribution is -2.19. The van der Waals surface area contributed by atoms with Crippen molar-refractivity contribution in [2.24, 2.45) is 0 Å². The van der Waals surface area contributed by atoms with E-state index >= 15 is 0 Å². The number of hydrogen-bond donors (Lipinski definition) is 1. The maximum absolute atomic E-state index is 13.5. The monoisotopic (exact) mass is 265 g/mol. The summed E-state index contributed by atoms with van der Waals surface area (Å²) >= 11 is 0. The third-order valence-corrected chi connectivity index (χ3v) is 2.81. The van der Waals surface area contributed by atoms with Gasteiger partial charge in [0.1, 0.15) is 23.1 Å². The van der Waals surface area contributed by atoms with Crippen molar-refractivity contribution in [3.8, 4) is 0 Å². The van der Waals surface area contributed by atoms with Crippen molar-refractivity contribution in [1.82, 2.24) is 0 Å². The van der Waals surface area contributed by atoms with Crippen LogP contribution in [0, 0.1) is 17.5 Å². The lowest BCUT2D eigenvalue weighted by molar-refractivity contribution is 0.582. The molecule has 1 N–H and O–H groups in total. The number of rotatable bonds is 4. The van der Waals surface area contributed by atoms with Crippen molar-refractivity contribution in [1.29, 1.82) is 0 Å². The van der Waals surface area contributed by atoms with Gasteiger partial charge in [-0.15, -0.1) is 0 Å². The molecule has 0 aliphatic heterocycles. The van der Waals surface area contributed by atoms with E-state index in [4.69, 9.17) is 0 Å². The zero-order valence-electron chi connectivity index (χ0n) is 10.5. The second-order valence-corrected chi connectivity index (χ2v) is 4.47. The van der Waals surface area contributed by atoms with E-state index in [0.717, 1.165) is 5.56 Å². The van der Waals surface area contributed by atoms with Crippen molar-refractivity contribution < 1.29 is 13.2 Å². The first-order valence-corrected chi connectivity index (χ1v) is 6.01. The minimum Gasteiger partial charge on any atom is -0.378 e. The Kier molecular flexibility index (Phi) is 4.10. The molecule has 19 heavy (non-hydrogen) atoms. The molecule has 1 atom stereocenters. The molecular formula is C15H14F3N. The summed E-state index contributed by atoms with van der Waals surface area (Å²) in [6.07, 6.45) is 0.550. The summed E-state index contributed by atoms with van der Waals surface area (Å²) in [5.74, 6) is -1.54. The van der Waals surface area contributed by atoms with Crippen LogP contribution in [0.3, 0.4) is 0 Å². The van der Waals surface area contributed by atoms with Crippen molar-refractivity contribution in [3.05, 3.63) is 65.5 Å². The maximum atomic E-state index is 13.5. The molecule has 0 saturated carbocycles. The number of nitrogens with one attached hydrogen (secondary N) is 1. The first-order valence-electron chi connectivity index (χ1n) is 6.01. The highest BCUT2D eigenvalue weighted by molar-refractivity contribution is 5.47. The van der Waals surface area contributed by atoms with Gasteiger partial charge in [-0.05, 0) is 43.2 Å². The van der Waals surface area contributed by atoms with Crippen LogP contribution in [0.2, 0.25) is 0 Å². The molecule has 100 valence electrons. The Morgan fingerprint density at radius 1 is 0.947 bits per heavy atom. The number of halogens is 3. The van der Waals surface area contributed by atoms with E-state index in [9.17, 15) is 13.2 Å². The van der Waals surface area contributed by atoms with E-state index in [-0.39, 0.29) is 17.5 Å². The van der Waals surface area contributed by atoms with Gasteiger partial charge >= 0.3 is 0 Å². The van der Waals surface area contributed by atoms with Gasteiger partial charge in [0.2, 0.25) is 0 Å². The van der Waals surface area contributed by atoms with Crippen LogP contribution < -0.4 is 5.32 Å². The Morgan fingerprint density at radius 2 is 1.53 bits per heavy atom. The predicted molar refractivity (Wildman–Crippen MR) is 69.5 cm³/mol. The number of benzene rings is 2. The predicted octanol–water partition coefficient (Wildman–Crippen LogP) is 4.15. The summed E-state index contributed by atoms with van der Waals surface area (Å²) in [6.45, 7) is 1.81. The van der Waals surface area contributed by atoms with Crippen LogP contribution in [0.15, 0.2) is 42.5 Å². The van der Waals surface area contributed by atoms with Crippen molar-refractivity contribution in [2.75, 3.05) is 5.32 Å². The minimum atomic E-state index is -0.619. The quantitative estimate of drug-likeness (QED) is 0.875. The summed E-state index contributed by atoms with van der Waals surface area (Å²) in [5.41, 5.74) is 0.773. The molecule has 0 fully saturated rings. The van der Waals surface area contributed by atoms with Crippen molar-refractivity contribution in [3.63, 3.8) is 0 Å². The SMILES string of the molecule is CC(Cc1ccc(F)cc1)Nc1c(F)cccc1F. The minimum absolute atomic E-state index is 0.128. The summed E-state index contributed by atoms with van der Waals surface area (Å²) < 4.78 is 39.7. The molecule has 0 radical (unpaired) electrons. The molecule has 0 aliphatic carbocycles. The Morgan fingerprint density at radius 3 is 2.11 bits per heavy atom. The number of anilines is 1. The van der Waals surface area contributed by atoms with Gasteiger partial charge in [0.05, 0.1) is 0 Å². The van der Waals surface area contributed by atoms with Gasteiger partial charge in [-0.3, -0.25) is 0 Å². The Bertz CT molecular complexity index is 532. The highest BCUT2D eigenvalue weighted by Gasteiger charge is 2.11. The third-order valence-electron chi connectivity index (χ3n) is 2.81. The van der Waals surface area contributed by atoms with Gasteiger partial charge in [0.15, 0.2) is 0 Å². The van der Waals surface area contributed by atoms with E-state index in [1.165, 1.54) is 30.3 Å². The smallest absolute Gasteiger partial charge is 0.149 e. The fourth-order valence-corrected chi connectivity index (χ4v) is 1.91. The van der Waals surface area contributed by atoms with Crippen molar-refractivity contribution >= 4 is 5.69 Å². The molecule has 0 spiro atoms. The average molecular weight is 265 g/mol. The average Bonchev–Trinajstić information content (AvgIpc) is 2.37. The second-order valence-electron chi connectivity index (χ2n) is 4.47. The zero-order valence-corrected chi connectivity index (χ0v) is 10.5. The summed E-state index contributed by atoms with van der Waals surface area (Å²) in [5, 5.41) is 2.80. The molecule has 0 heterocycles. The first-order chi connectivity index (χ1) is 9.06. The van der Waals surface area contributed by atoms with Crippen LogP contribution in [-0.4, -0.2) is 6.04 Å². The van der Waals surface area contributed by atoms with Crippen LogP contribution in [0.25, 0.3) is 0 Å². The van der Waals surface area contributed by atoms with Crippen LogP contribution in [0.1, 0.15) is 12.5 Å². The lowest BCUT2D eigenvalue weighted by Gasteiger charge is -2.16. The van der Waals surface area contributed by atoms with E-state index in [1.54, 1.807) is 12.1 Å². The highest BCUT2D eigenvalue weighted by Crippen LogP contribution is 2.19. The van der Waals surface area contributed by atoms with Gasteiger partial charge < -0.3 is 5.32 Å². The van der Waals surface area contributed by atoms with Gasteiger partial charge in [0, 0.05) is 6.04 Å². The van der Waals surface area contributed by atoms with Gasteiger partial charge in [0.25, 0.3) is 0 Å². The molecule has 4 heteroatoms. The first kappa shape index (κ1) is 13.5. The largest absolute Gasteiger partial charge is 0.378 e. The molecule has 0 saturated heterocycles. The van der Waals surface area contributed by atoms with Crippen LogP contribution >= 0.6 is 0 Å². The summed E-state index contributed by atoms with van der Waals surface area (Å²) in [6, 6.07) is 9.61. The molecular weight excluding hydrogens is 251 g/mol. The van der Waals surface area contributed by atoms with Crippen LogP contribution in [0.4, 0.5) is 18.9 Å². The number of para-hydroxylation sites is 1. The summed E-state index contributed by atoms with van der Waals surface area (Å²) in [7, 11) is 0. The molecule has 2 rings (SSSR count). The Balaban J connectivity index is 2.05. The molecule has 1 nitrogen and oxygen atoms in total. The Hall–Kier alpha value is -1.97. The van der Waals surface area contributed by atoms with E-state index in [1.807, 2.05) is 6.92 Å². The fraction of sp³-hybridized carbons (Fsp3) is 0.200. The fourth-order valence-electron chi connectivity index (χ4n) is 1.91. The standard InChI is InChI=1S/C15H14F3N/c1-10(9-11-5-7-12(16)8-6-11)19-15-13(17)3-2-4-14(15)18/h2-8,10,19H,9H2,1H3. The molecule has 2 aromatic rings. The molecule has 0 amide bonds. The lowest BCUT2D eigenvalue weighted by atomic mass is 10.1. The highest BCUT2D eigenvalue weighted by atomic mass is 19.1. The van der Waals surface area contributed by atoms with Crippen molar-refractivity contribution in [2.45, 2.75) is 19.4 Å². The third kappa shape index (κ3) is 3.50. The van der Waals surface area contributed by atoms with E-state index in [0.29, 0.717) is 6.42 Å². The molecule has 0 aromatic heterocycles. The van der Waals surface area contributed by atoms with Gasteiger partial charge in [-0.25, -0.2) is 13.2 Å². The number of hydrogen-bond acceptors (Lipinski definition) is 1. The van der Waals surface area contributed by atoms with E-state index in [2.05, 4.69) is 5.32 Å². The topological polar surface area (TPSA) is 12.0 Å². The molecule has 0 bridgehead atoms. The molecule has 0 aliphatic rings. The second kappa shape index (κ2) is 5.78. The van der Waals surface area contributed by atoms with E-state index < -0.39 is 11.6 Å². The van der Waals surface area contributed by atoms with Gasteiger partial charge in [-0.1, -0.05) is 18.2 Å². The van der Waals surface area contributed by atoms with Crippen LogP contribution in [-0.2, 0) is 6.42 Å². The molecule has 2 aromatic carbocycles.